The third-order valence-electron chi connectivity index (χ3n) is 6.09. The second-order valence-electron chi connectivity index (χ2n) is 9.06. The van der Waals surface area contributed by atoms with E-state index in [4.69, 9.17) is 15.2 Å². The average Bonchev–Trinajstić information content (AvgIpc) is 3.35. The number of anilines is 1. The zero-order chi connectivity index (χ0) is 26.6. The number of nitrogens with two attached hydrogens (primary N) is 1. The maximum absolute atomic E-state index is 13.1. The molecule has 37 heavy (non-hydrogen) atoms. The molecule has 2 atom stereocenters. The number of aromatic nitrogens is 2. The number of hydrogen-bond donors (Lipinski definition) is 3. The minimum atomic E-state index is -4.19. The normalized spacial score (nSPS) is 16.4. The highest BCUT2D eigenvalue weighted by atomic mass is 32.2. The molecular formula is C26H30N4O6S. The van der Waals surface area contributed by atoms with Crippen molar-refractivity contribution in [1.29, 1.82) is 0 Å². The van der Waals surface area contributed by atoms with Crippen LogP contribution in [0.1, 0.15) is 40.7 Å². The van der Waals surface area contributed by atoms with E-state index in [1.165, 1.54) is 18.2 Å². The van der Waals surface area contributed by atoms with Crippen LogP contribution in [0.4, 0.5) is 5.95 Å². The molecule has 196 valence electrons. The average molecular weight is 527 g/mol. The molecule has 1 aliphatic rings. The Kier molecular flexibility index (Phi) is 8.06. The Hall–Kier alpha value is -3.54. The van der Waals surface area contributed by atoms with Crippen molar-refractivity contribution in [2.24, 2.45) is 5.73 Å². The van der Waals surface area contributed by atoms with Gasteiger partial charge in [-0.2, -0.15) is 4.98 Å². The molecule has 4 rings (SSSR count). The Balaban J connectivity index is 1.64. The smallest absolute Gasteiger partial charge is 0.335 e. The van der Waals surface area contributed by atoms with Crippen molar-refractivity contribution >= 4 is 21.9 Å². The summed E-state index contributed by atoms with van der Waals surface area (Å²) in [5.41, 5.74) is 9.29. The fourth-order valence-electron chi connectivity index (χ4n) is 4.29. The number of ether oxygens (including phenoxy) is 2. The van der Waals surface area contributed by atoms with Gasteiger partial charge in [0.25, 0.3) is 10.0 Å². The molecule has 4 N–H and O–H groups in total. The summed E-state index contributed by atoms with van der Waals surface area (Å²) in [6.07, 6.45) is 2.74. The predicted octanol–water partition coefficient (Wildman–Crippen LogP) is 3.53. The third kappa shape index (κ3) is 6.62. The van der Waals surface area contributed by atoms with Crippen LogP contribution in [0.15, 0.2) is 53.4 Å². The van der Waals surface area contributed by atoms with Crippen LogP contribution in [0.5, 0.6) is 5.88 Å². The van der Waals surface area contributed by atoms with Crippen molar-refractivity contribution in [2.75, 3.05) is 17.9 Å². The second-order valence-corrected chi connectivity index (χ2v) is 10.7. The van der Waals surface area contributed by atoms with Crippen LogP contribution in [0.25, 0.3) is 11.3 Å². The quantitative estimate of drug-likeness (QED) is 0.360. The number of rotatable bonds is 10. The lowest BCUT2D eigenvalue weighted by atomic mass is 10.00. The molecule has 0 saturated carbocycles. The fraction of sp³-hybridized carbons (Fsp3) is 0.346. The van der Waals surface area contributed by atoms with Gasteiger partial charge in [-0.15, -0.1) is 0 Å². The first-order chi connectivity index (χ1) is 17.6. The molecule has 2 unspecified atom stereocenters. The van der Waals surface area contributed by atoms with Crippen LogP contribution in [0, 0.1) is 13.8 Å². The van der Waals surface area contributed by atoms with Crippen molar-refractivity contribution in [3.05, 3.63) is 65.2 Å². The predicted molar refractivity (Wildman–Crippen MR) is 138 cm³/mol. The molecule has 1 aromatic heterocycles. The highest BCUT2D eigenvalue weighted by Crippen LogP contribution is 2.29. The van der Waals surface area contributed by atoms with Gasteiger partial charge in [-0.25, -0.2) is 22.9 Å². The Bertz CT molecular complexity index is 1370. The Morgan fingerprint density at radius 3 is 2.59 bits per heavy atom. The molecule has 10 nitrogen and oxygen atoms in total. The summed E-state index contributed by atoms with van der Waals surface area (Å²) in [6.45, 7) is 4.77. The molecule has 0 radical (unpaired) electrons. The van der Waals surface area contributed by atoms with Crippen molar-refractivity contribution < 1.29 is 27.8 Å². The summed E-state index contributed by atoms with van der Waals surface area (Å²) in [7, 11) is -4.19. The second kappa shape index (κ2) is 11.2. The van der Waals surface area contributed by atoms with Crippen molar-refractivity contribution in [3.8, 4) is 17.1 Å². The first-order valence-corrected chi connectivity index (χ1v) is 13.4. The Morgan fingerprint density at radius 1 is 1.19 bits per heavy atom. The first kappa shape index (κ1) is 26.5. The van der Waals surface area contributed by atoms with Gasteiger partial charge < -0.3 is 20.3 Å². The lowest BCUT2D eigenvalue weighted by Gasteiger charge is -2.18. The topological polar surface area (TPSA) is 154 Å². The van der Waals surface area contributed by atoms with Gasteiger partial charge in [0.1, 0.15) is 6.61 Å². The Labute approximate surface area is 215 Å². The van der Waals surface area contributed by atoms with Gasteiger partial charge in [0.15, 0.2) is 0 Å². The lowest BCUT2D eigenvalue weighted by Crippen LogP contribution is -2.32. The molecule has 2 heterocycles. The summed E-state index contributed by atoms with van der Waals surface area (Å²) < 4.78 is 40.0. The van der Waals surface area contributed by atoms with E-state index < -0.39 is 16.0 Å². The van der Waals surface area contributed by atoms with Gasteiger partial charge in [0, 0.05) is 24.3 Å². The van der Waals surface area contributed by atoms with Gasteiger partial charge in [-0.3, -0.25) is 0 Å². The van der Waals surface area contributed by atoms with Crippen molar-refractivity contribution in [1.82, 2.24) is 9.97 Å². The molecule has 3 aromatic rings. The minimum Gasteiger partial charge on any atom is -0.478 e. The molecule has 0 aliphatic carbocycles. The van der Waals surface area contributed by atoms with E-state index >= 15 is 0 Å². The summed E-state index contributed by atoms with van der Waals surface area (Å²) in [6, 6.07) is 12.2. The number of hydrogen-bond acceptors (Lipinski definition) is 8. The maximum atomic E-state index is 13.1. The zero-order valence-electron chi connectivity index (χ0n) is 20.7. The van der Waals surface area contributed by atoms with Gasteiger partial charge in [0.2, 0.25) is 11.8 Å². The number of carboxylic acid groups (broad SMARTS) is 1. The van der Waals surface area contributed by atoms with E-state index in [1.54, 1.807) is 6.07 Å². The van der Waals surface area contributed by atoms with E-state index in [2.05, 4.69) is 14.7 Å². The van der Waals surface area contributed by atoms with Crippen LogP contribution in [-0.2, 0) is 14.8 Å². The van der Waals surface area contributed by atoms with Gasteiger partial charge in [-0.05, 0) is 62.4 Å². The third-order valence-corrected chi connectivity index (χ3v) is 7.42. The maximum Gasteiger partial charge on any atom is 0.335 e. The molecule has 0 spiro atoms. The number of nitrogens with zero attached hydrogens (tertiary/aromatic N) is 2. The molecule has 11 heteroatoms. The molecule has 2 aromatic carbocycles. The summed E-state index contributed by atoms with van der Waals surface area (Å²) in [5, 5.41) is 9.23. The fourth-order valence-corrected chi connectivity index (χ4v) is 5.28. The highest BCUT2D eigenvalue weighted by molar-refractivity contribution is 7.92. The monoisotopic (exact) mass is 526 g/mol. The van der Waals surface area contributed by atoms with Crippen LogP contribution in [0.2, 0.25) is 0 Å². The zero-order valence-corrected chi connectivity index (χ0v) is 21.5. The van der Waals surface area contributed by atoms with E-state index in [-0.39, 0.29) is 41.0 Å². The van der Waals surface area contributed by atoms with Crippen LogP contribution in [0.3, 0.4) is 0 Å². The number of aryl methyl sites for hydroxylation is 2. The van der Waals surface area contributed by atoms with E-state index in [0.29, 0.717) is 12.1 Å². The van der Waals surface area contributed by atoms with Crippen molar-refractivity contribution in [2.45, 2.75) is 50.2 Å². The van der Waals surface area contributed by atoms with Gasteiger partial charge >= 0.3 is 5.97 Å². The van der Waals surface area contributed by atoms with E-state index in [1.807, 2.05) is 32.0 Å². The molecular weight excluding hydrogens is 496 g/mol. The highest BCUT2D eigenvalue weighted by Gasteiger charge is 2.22. The van der Waals surface area contributed by atoms with Gasteiger partial charge in [-0.1, -0.05) is 24.3 Å². The number of carboxylic acids is 1. The number of benzene rings is 2. The minimum absolute atomic E-state index is 0.109. The number of sulfonamides is 1. The SMILES string of the molecule is Cc1cccc(C)c1-c1cc(OCC(N)CC2CCCO2)nc(NS(=O)(=O)c2cccc(C(=O)O)c2)n1. The van der Waals surface area contributed by atoms with Gasteiger partial charge in [0.05, 0.1) is 22.3 Å². The van der Waals surface area contributed by atoms with E-state index in [0.717, 1.165) is 42.2 Å². The Morgan fingerprint density at radius 2 is 1.92 bits per heavy atom. The lowest BCUT2D eigenvalue weighted by molar-refractivity contribution is 0.0696. The standard InChI is InChI=1S/C26H30N4O6S/c1-16-6-3-7-17(2)24(16)22-14-23(36-15-19(27)13-20-9-5-11-35-20)29-26(28-22)30-37(33,34)21-10-4-8-18(12-21)25(31)32/h3-4,6-8,10,12,14,19-20H,5,9,11,13,15,27H2,1-2H3,(H,31,32)(H,28,29,30). The van der Waals surface area contributed by atoms with E-state index in [9.17, 15) is 18.3 Å². The van der Waals surface area contributed by atoms with Crippen LogP contribution < -0.4 is 15.2 Å². The molecule has 0 amide bonds. The van der Waals surface area contributed by atoms with Crippen LogP contribution in [-0.4, -0.2) is 54.8 Å². The number of aromatic carboxylic acids is 1. The summed E-state index contributed by atoms with van der Waals surface area (Å²) >= 11 is 0. The molecule has 1 aliphatic heterocycles. The number of carbonyl (C=O) groups is 1. The van der Waals surface area contributed by atoms with Crippen molar-refractivity contribution in [3.63, 3.8) is 0 Å². The molecule has 1 fully saturated rings. The molecule has 1 saturated heterocycles. The van der Waals surface area contributed by atoms with Crippen LogP contribution >= 0.6 is 0 Å². The first-order valence-electron chi connectivity index (χ1n) is 11.9. The number of nitrogens with one attached hydrogen (secondary N) is 1. The summed E-state index contributed by atoms with van der Waals surface area (Å²) in [5.74, 6) is -1.28. The molecule has 0 bridgehead atoms. The summed E-state index contributed by atoms with van der Waals surface area (Å²) in [4.78, 5) is 19.8. The largest absolute Gasteiger partial charge is 0.478 e.